The molecule has 1 amide bonds. The van der Waals surface area contributed by atoms with E-state index in [0.717, 1.165) is 16.8 Å². The van der Waals surface area contributed by atoms with Gasteiger partial charge >= 0.3 is 6.09 Å². The molecule has 0 saturated carbocycles. The molecule has 4 nitrogen and oxygen atoms in total. The highest BCUT2D eigenvalue weighted by molar-refractivity contribution is 5.85. The van der Waals surface area contributed by atoms with Crippen molar-refractivity contribution in [3.63, 3.8) is 0 Å². The van der Waals surface area contributed by atoms with Gasteiger partial charge in [0.25, 0.3) is 0 Å². The molecule has 1 aromatic carbocycles. The van der Waals surface area contributed by atoms with Crippen LogP contribution in [0.25, 0.3) is 0 Å². The summed E-state index contributed by atoms with van der Waals surface area (Å²) in [6.07, 6.45) is -0.565. The second-order valence-electron chi connectivity index (χ2n) is 3.93. The van der Waals surface area contributed by atoms with Gasteiger partial charge in [-0.05, 0) is 38.0 Å². The third-order valence-electron chi connectivity index (χ3n) is 2.12. The third kappa shape index (κ3) is 3.55. The number of nitrogens with two attached hydrogens (primary N) is 1. The van der Waals surface area contributed by atoms with Crippen molar-refractivity contribution in [3.05, 3.63) is 29.3 Å². The van der Waals surface area contributed by atoms with Crippen LogP contribution in [0.15, 0.2) is 18.2 Å². The van der Waals surface area contributed by atoms with Gasteiger partial charge in [0.1, 0.15) is 0 Å². The Hall–Kier alpha value is -1.55. The summed E-state index contributed by atoms with van der Waals surface area (Å²) in [6.45, 7) is 5.99. The topological polar surface area (TPSA) is 64.3 Å². The van der Waals surface area contributed by atoms with Gasteiger partial charge in [0.15, 0.2) is 0 Å². The van der Waals surface area contributed by atoms with Crippen molar-refractivity contribution in [1.29, 1.82) is 0 Å². The first-order chi connectivity index (χ1) is 7.52. The Morgan fingerprint density at radius 1 is 1.50 bits per heavy atom. The van der Waals surface area contributed by atoms with Crippen LogP contribution in [0.3, 0.4) is 0 Å². The molecule has 88 valence electrons. The zero-order valence-corrected chi connectivity index (χ0v) is 9.91. The normalized spacial score (nSPS) is 10.3. The fourth-order valence-corrected chi connectivity index (χ4v) is 1.28. The van der Waals surface area contributed by atoms with E-state index in [2.05, 4.69) is 5.32 Å². The van der Waals surface area contributed by atoms with Crippen LogP contribution in [0.1, 0.15) is 25.0 Å². The molecule has 0 fully saturated rings. The lowest BCUT2D eigenvalue weighted by molar-refractivity contribution is 0.130. The third-order valence-corrected chi connectivity index (χ3v) is 2.12. The lowest BCUT2D eigenvalue weighted by Crippen LogP contribution is -2.18. The van der Waals surface area contributed by atoms with E-state index in [0.29, 0.717) is 6.54 Å². The molecule has 0 saturated heterocycles. The van der Waals surface area contributed by atoms with E-state index >= 15 is 0 Å². The van der Waals surface area contributed by atoms with Crippen molar-refractivity contribution in [2.45, 2.75) is 33.4 Å². The molecule has 0 heterocycles. The Balaban J connectivity index is 2.75. The summed E-state index contributed by atoms with van der Waals surface area (Å²) in [5.41, 5.74) is 8.24. The molecule has 0 radical (unpaired) electrons. The molecule has 16 heavy (non-hydrogen) atoms. The maximum absolute atomic E-state index is 11.4. The molecule has 0 atom stereocenters. The number of hydrogen-bond acceptors (Lipinski definition) is 3. The molecule has 0 aliphatic heterocycles. The Kier molecular flexibility index (Phi) is 4.31. The summed E-state index contributed by atoms with van der Waals surface area (Å²) in [5, 5.41) is 2.70. The predicted molar refractivity (Wildman–Crippen MR) is 64.3 cm³/mol. The smallest absolute Gasteiger partial charge is 0.411 e. The number of ether oxygens (including phenoxy) is 1. The molecule has 0 unspecified atom stereocenters. The summed E-state index contributed by atoms with van der Waals surface area (Å²) < 4.78 is 5.00. The van der Waals surface area contributed by atoms with Crippen molar-refractivity contribution in [3.8, 4) is 0 Å². The van der Waals surface area contributed by atoms with Gasteiger partial charge in [-0.3, -0.25) is 5.32 Å². The average molecular weight is 222 g/mol. The van der Waals surface area contributed by atoms with Crippen LogP contribution in [0.2, 0.25) is 0 Å². The van der Waals surface area contributed by atoms with Crippen LogP contribution >= 0.6 is 0 Å². The number of amides is 1. The van der Waals surface area contributed by atoms with E-state index in [1.165, 1.54) is 0 Å². The molecule has 0 aliphatic carbocycles. The quantitative estimate of drug-likeness (QED) is 0.825. The molecule has 0 aliphatic rings. The first kappa shape index (κ1) is 12.5. The first-order valence-electron chi connectivity index (χ1n) is 5.30. The van der Waals surface area contributed by atoms with Gasteiger partial charge in [0.2, 0.25) is 0 Å². The summed E-state index contributed by atoms with van der Waals surface area (Å²) in [7, 11) is 0. The highest BCUT2D eigenvalue weighted by atomic mass is 16.6. The van der Waals surface area contributed by atoms with Gasteiger partial charge in [-0.1, -0.05) is 12.1 Å². The summed E-state index contributed by atoms with van der Waals surface area (Å²) in [6, 6.07) is 5.72. The minimum absolute atomic E-state index is 0.127. The van der Waals surface area contributed by atoms with Crippen LogP contribution in [0.5, 0.6) is 0 Å². The van der Waals surface area contributed by atoms with E-state index in [-0.39, 0.29) is 6.10 Å². The highest BCUT2D eigenvalue weighted by Crippen LogP contribution is 2.17. The van der Waals surface area contributed by atoms with Gasteiger partial charge in [-0.25, -0.2) is 4.79 Å². The van der Waals surface area contributed by atoms with E-state index in [4.69, 9.17) is 10.5 Å². The van der Waals surface area contributed by atoms with Crippen molar-refractivity contribution in [2.24, 2.45) is 5.73 Å². The van der Waals surface area contributed by atoms with Gasteiger partial charge in [-0.15, -0.1) is 0 Å². The predicted octanol–water partition coefficient (Wildman–Crippen LogP) is 2.41. The van der Waals surface area contributed by atoms with Crippen LogP contribution in [-0.4, -0.2) is 12.2 Å². The number of rotatable bonds is 3. The maximum atomic E-state index is 11.4. The minimum Gasteiger partial charge on any atom is -0.447 e. The standard InChI is InChI=1S/C12H18N2O2/c1-8(2)16-12(15)14-11-6-10(7-13)5-4-9(11)3/h4-6,8H,7,13H2,1-3H3,(H,14,15). The van der Waals surface area contributed by atoms with E-state index in [1.807, 2.05) is 39.0 Å². The van der Waals surface area contributed by atoms with Crippen LogP contribution in [-0.2, 0) is 11.3 Å². The van der Waals surface area contributed by atoms with Gasteiger partial charge in [0, 0.05) is 12.2 Å². The molecule has 0 aromatic heterocycles. The summed E-state index contributed by atoms with van der Waals surface area (Å²) in [4.78, 5) is 11.4. The van der Waals surface area contributed by atoms with Gasteiger partial charge in [-0.2, -0.15) is 0 Å². The van der Waals surface area contributed by atoms with Crippen LogP contribution in [0, 0.1) is 6.92 Å². The number of carbonyl (C=O) groups is 1. The van der Waals surface area contributed by atoms with E-state index in [1.54, 1.807) is 0 Å². The second-order valence-corrected chi connectivity index (χ2v) is 3.93. The Morgan fingerprint density at radius 2 is 2.19 bits per heavy atom. The minimum atomic E-state index is -0.438. The van der Waals surface area contributed by atoms with Crippen molar-refractivity contribution in [1.82, 2.24) is 0 Å². The lowest BCUT2D eigenvalue weighted by Gasteiger charge is -2.12. The van der Waals surface area contributed by atoms with E-state index < -0.39 is 6.09 Å². The Labute approximate surface area is 95.8 Å². The molecular formula is C12H18N2O2. The Bertz CT molecular complexity index is 375. The molecule has 4 heteroatoms. The summed E-state index contributed by atoms with van der Waals surface area (Å²) >= 11 is 0. The zero-order valence-electron chi connectivity index (χ0n) is 9.91. The monoisotopic (exact) mass is 222 g/mol. The van der Waals surface area contributed by atoms with Gasteiger partial charge < -0.3 is 10.5 Å². The maximum Gasteiger partial charge on any atom is 0.411 e. The number of anilines is 1. The van der Waals surface area contributed by atoms with E-state index in [9.17, 15) is 4.79 Å². The van der Waals surface area contributed by atoms with Crippen molar-refractivity contribution >= 4 is 11.8 Å². The second kappa shape index (κ2) is 5.51. The SMILES string of the molecule is Cc1ccc(CN)cc1NC(=O)OC(C)C. The largest absolute Gasteiger partial charge is 0.447 e. The number of benzene rings is 1. The molecule has 3 N–H and O–H groups in total. The van der Waals surface area contributed by atoms with Gasteiger partial charge in [0.05, 0.1) is 6.10 Å². The molecule has 1 aromatic rings. The fourth-order valence-electron chi connectivity index (χ4n) is 1.28. The number of carbonyl (C=O) groups excluding carboxylic acids is 1. The first-order valence-corrected chi connectivity index (χ1v) is 5.30. The number of aryl methyl sites for hydroxylation is 1. The van der Waals surface area contributed by atoms with Crippen molar-refractivity contribution < 1.29 is 9.53 Å². The zero-order chi connectivity index (χ0) is 12.1. The molecule has 1 rings (SSSR count). The molecular weight excluding hydrogens is 204 g/mol. The number of nitrogens with one attached hydrogen (secondary N) is 1. The molecule has 0 spiro atoms. The van der Waals surface area contributed by atoms with Crippen LogP contribution < -0.4 is 11.1 Å². The highest BCUT2D eigenvalue weighted by Gasteiger charge is 2.07. The van der Waals surface area contributed by atoms with Crippen LogP contribution in [0.4, 0.5) is 10.5 Å². The molecule has 0 bridgehead atoms. The Morgan fingerprint density at radius 3 is 2.75 bits per heavy atom. The summed E-state index contributed by atoms with van der Waals surface area (Å²) in [5.74, 6) is 0. The fraction of sp³-hybridized carbons (Fsp3) is 0.417. The average Bonchev–Trinajstić information content (AvgIpc) is 2.20. The van der Waals surface area contributed by atoms with Crippen molar-refractivity contribution in [2.75, 3.05) is 5.32 Å². The lowest BCUT2D eigenvalue weighted by atomic mass is 10.1. The number of hydrogen-bond donors (Lipinski definition) is 2.